The molecule has 0 aliphatic heterocycles. The third-order valence-electron chi connectivity index (χ3n) is 3.68. The van der Waals surface area contributed by atoms with Gasteiger partial charge in [-0.2, -0.15) is 5.26 Å². The number of nitrogens with zero attached hydrogens (tertiary/aromatic N) is 2. The summed E-state index contributed by atoms with van der Waals surface area (Å²) in [7, 11) is 0. The van der Waals surface area contributed by atoms with Crippen LogP contribution >= 0.6 is 0 Å². The molecular weight excluding hydrogens is 304 g/mol. The summed E-state index contributed by atoms with van der Waals surface area (Å²) in [5, 5.41) is 20.6. The molecular formula is C19H16N2O3. The molecule has 0 aromatic heterocycles. The van der Waals surface area contributed by atoms with Crippen molar-refractivity contribution < 1.29 is 9.72 Å². The molecule has 5 nitrogen and oxygen atoms in total. The van der Waals surface area contributed by atoms with Gasteiger partial charge >= 0.3 is 0 Å². The fourth-order valence-corrected chi connectivity index (χ4v) is 2.45. The number of hydrogen-bond donors (Lipinski definition) is 0. The van der Waals surface area contributed by atoms with Crippen LogP contribution in [0, 0.1) is 21.4 Å². The number of Topliss-reactive ketones (excluding diaryl/α,β-unsaturated/α-hetero) is 1. The molecule has 120 valence electrons. The Morgan fingerprint density at radius 2 is 1.83 bits per heavy atom. The maximum atomic E-state index is 11.9. The number of nitro benzene ring substituents is 1. The molecule has 2 aromatic rings. The number of nitriles is 1. The van der Waals surface area contributed by atoms with Crippen molar-refractivity contribution in [3.63, 3.8) is 0 Å². The molecule has 5 heteroatoms. The molecule has 0 aliphatic rings. The Morgan fingerprint density at radius 1 is 1.21 bits per heavy atom. The highest BCUT2D eigenvalue weighted by Crippen LogP contribution is 2.31. The largest absolute Gasteiger partial charge is 0.295 e. The van der Waals surface area contributed by atoms with E-state index in [1.165, 1.54) is 13.0 Å². The van der Waals surface area contributed by atoms with Gasteiger partial charge in [0.2, 0.25) is 0 Å². The van der Waals surface area contributed by atoms with Crippen LogP contribution in [0.4, 0.5) is 5.69 Å². The molecule has 24 heavy (non-hydrogen) atoms. The van der Waals surface area contributed by atoms with Crippen molar-refractivity contribution in [1.82, 2.24) is 0 Å². The normalized spacial score (nSPS) is 12.2. The van der Waals surface area contributed by atoms with Gasteiger partial charge in [-0.1, -0.05) is 48.5 Å². The smallest absolute Gasteiger partial charge is 0.273 e. The number of nitro groups is 1. The zero-order chi connectivity index (χ0) is 17.5. The minimum atomic E-state index is -0.759. The SMILES string of the molecule is CC(=O)/C(=C/c1ccccc1)CC(C#N)c1ccccc1[N+](=O)[O-]. The third-order valence-corrected chi connectivity index (χ3v) is 3.68. The summed E-state index contributed by atoms with van der Waals surface area (Å²) in [6.45, 7) is 1.43. The van der Waals surface area contributed by atoms with E-state index in [1.807, 2.05) is 30.3 Å². The summed E-state index contributed by atoms with van der Waals surface area (Å²) in [6, 6.07) is 17.5. The van der Waals surface area contributed by atoms with E-state index < -0.39 is 10.8 Å². The molecule has 0 saturated heterocycles. The molecule has 1 atom stereocenters. The van der Waals surface area contributed by atoms with E-state index in [0.29, 0.717) is 11.1 Å². The lowest BCUT2D eigenvalue weighted by Crippen LogP contribution is -2.06. The van der Waals surface area contributed by atoms with Gasteiger partial charge in [0.1, 0.15) is 0 Å². The van der Waals surface area contributed by atoms with Crippen molar-refractivity contribution in [1.29, 1.82) is 5.26 Å². The van der Waals surface area contributed by atoms with Gasteiger partial charge in [-0.15, -0.1) is 0 Å². The summed E-state index contributed by atoms with van der Waals surface area (Å²) in [5.41, 5.74) is 1.53. The fourth-order valence-electron chi connectivity index (χ4n) is 2.45. The second kappa shape index (κ2) is 7.84. The number of benzene rings is 2. The second-order valence-corrected chi connectivity index (χ2v) is 5.34. The number of rotatable bonds is 6. The molecule has 0 amide bonds. The molecule has 2 rings (SSSR count). The van der Waals surface area contributed by atoms with Crippen molar-refractivity contribution in [2.45, 2.75) is 19.3 Å². The topological polar surface area (TPSA) is 84.0 Å². The Balaban J connectivity index is 2.38. The molecule has 0 aliphatic carbocycles. The summed E-state index contributed by atoms with van der Waals surface area (Å²) < 4.78 is 0. The van der Waals surface area contributed by atoms with Gasteiger partial charge in [0, 0.05) is 11.6 Å². The van der Waals surface area contributed by atoms with Crippen LogP contribution < -0.4 is 0 Å². The maximum Gasteiger partial charge on any atom is 0.273 e. The van der Waals surface area contributed by atoms with E-state index in [2.05, 4.69) is 6.07 Å². The predicted octanol–water partition coefficient (Wildman–Crippen LogP) is 4.26. The van der Waals surface area contributed by atoms with Crippen LogP contribution in [-0.4, -0.2) is 10.7 Å². The van der Waals surface area contributed by atoms with E-state index in [-0.39, 0.29) is 17.9 Å². The van der Waals surface area contributed by atoms with Crippen LogP contribution in [0.3, 0.4) is 0 Å². The van der Waals surface area contributed by atoms with Gasteiger partial charge in [-0.05, 0) is 30.6 Å². The van der Waals surface area contributed by atoms with E-state index >= 15 is 0 Å². The Morgan fingerprint density at radius 3 is 2.42 bits per heavy atom. The van der Waals surface area contributed by atoms with E-state index in [9.17, 15) is 20.2 Å². The standard InChI is InChI=1S/C19H16N2O3/c1-14(22)16(11-15-7-3-2-4-8-15)12-17(13-20)18-9-5-6-10-19(18)21(23)24/h2-11,17H,12H2,1H3/b16-11+. The summed E-state index contributed by atoms with van der Waals surface area (Å²) in [5.74, 6) is -0.914. The molecule has 0 bridgehead atoms. The predicted molar refractivity (Wildman–Crippen MR) is 91.2 cm³/mol. The van der Waals surface area contributed by atoms with Crippen LogP contribution in [0.2, 0.25) is 0 Å². The van der Waals surface area contributed by atoms with Crippen molar-refractivity contribution in [2.24, 2.45) is 0 Å². The first-order valence-electron chi connectivity index (χ1n) is 7.42. The number of carbonyl (C=O) groups is 1. The Bertz CT molecular complexity index is 820. The highest BCUT2D eigenvalue weighted by Gasteiger charge is 2.23. The molecule has 0 spiro atoms. The molecule has 2 aromatic carbocycles. The van der Waals surface area contributed by atoms with Crippen molar-refractivity contribution in [2.75, 3.05) is 0 Å². The van der Waals surface area contributed by atoms with Crippen LogP contribution in [0.5, 0.6) is 0 Å². The van der Waals surface area contributed by atoms with Gasteiger partial charge in [0.25, 0.3) is 5.69 Å². The average Bonchev–Trinajstić information content (AvgIpc) is 2.59. The van der Waals surface area contributed by atoms with Crippen molar-refractivity contribution in [3.05, 3.63) is 81.4 Å². The molecule has 0 N–H and O–H groups in total. The molecule has 0 fully saturated rings. The van der Waals surface area contributed by atoms with Gasteiger partial charge in [-0.3, -0.25) is 14.9 Å². The van der Waals surface area contributed by atoms with Crippen LogP contribution in [0.25, 0.3) is 6.08 Å². The lowest BCUT2D eigenvalue weighted by atomic mass is 9.90. The number of para-hydroxylation sites is 1. The van der Waals surface area contributed by atoms with Crippen molar-refractivity contribution in [3.8, 4) is 6.07 Å². The summed E-state index contributed by atoms with van der Waals surface area (Å²) >= 11 is 0. The van der Waals surface area contributed by atoms with E-state index in [1.54, 1.807) is 24.3 Å². The number of hydrogen-bond acceptors (Lipinski definition) is 4. The Kier molecular flexibility index (Phi) is 5.58. The van der Waals surface area contributed by atoms with Crippen LogP contribution in [0.1, 0.15) is 30.4 Å². The van der Waals surface area contributed by atoms with Crippen LogP contribution in [0.15, 0.2) is 60.2 Å². The Hall–Kier alpha value is -3.26. The van der Waals surface area contributed by atoms with Gasteiger partial charge in [0.15, 0.2) is 5.78 Å². The highest BCUT2D eigenvalue weighted by atomic mass is 16.6. The zero-order valence-electron chi connectivity index (χ0n) is 13.2. The molecule has 0 heterocycles. The first kappa shape index (κ1) is 17.1. The Labute approximate surface area is 140 Å². The van der Waals surface area contributed by atoms with Crippen LogP contribution in [-0.2, 0) is 4.79 Å². The van der Waals surface area contributed by atoms with E-state index in [4.69, 9.17) is 0 Å². The quantitative estimate of drug-likeness (QED) is 0.452. The zero-order valence-corrected chi connectivity index (χ0v) is 13.2. The first-order chi connectivity index (χ1) is 11.5. The molecule has 1 unspecified atom stereocenters. The fraction of sp³-hybridized carbons (Fsp3) is 0.158. The summed E-state index contributed by atoms with van der Waals surface area (Å²) in [6.07, 6.45) is 1.85. The molecule has 0 radical (unpaired) electrons. The van der Waals surface area contributed by atoms with Gasteiger partial charge < -0.3 is 0 Å². The first-order valence-corrected chi connectivity index (χ1v) is 7.42. The minimum Gasteiger partial charge on any atom is -0.295 e. The summed E-state index contributed by atoms with van der Waals surface area (Å²) in [4.78, 5) is 22.6. The molecule has 0 saturated carbocycles. The van der Waals surface area contributed by atoms with E-state index in [0.717, 1.165) is 5.56 Å². The number of ketones is 1. The minimum absolute atomic E-state index is 0.105. The number of carbonyl (C=O) groups excluding carboxylic acids is 1. The second-order valence-electron chi connectivity index (χ2n) is 5.34. The average molecular weight is 320 g/mol. The monoisotopic (exact) mass is 320 g/mol. The lowest BCUT2D eigenvalue weighted by molar-refractivity contribution is -0.385. The highest BCUT2D eigenvalue weighted by molar-refractivity contribution is 5.97. The maximum absolute atomic E-state index is 11.9. The third kappa shape index (κ3) is 4.14. The van der Waals surface area contributed by atoms with Gasteiger partial charge in [-0.25, -0.2) is 0 Å². The number of allylic oxidation sites excluding steroid dienone is 1. The van der Waals surface area contributed by atoms with Gasteiger partial charge in [0.05, 0.1) is 16.9 Å². The van der Waals surface area contributed by atoms with Crippen molar-refractivity contribution >= 4 is 17.5 Å². The lowest BCUT2D eigenvalue weighted by Gasteiger charge is -2.11.